The molecule has 0 aliphatic carbocycles. The molecule has 0 aromatic heterocycles. The van der Waals surface area contributed by atoms with E-state index in [-0.39, 0.29) is 6.10 Å². The Morgan fingerprint density at radius 3 is 2.52 bits per heavy atom. The molecule has 0 heterocycles. The third-order valence-electron chi connectivity index (χ3n) is 3.61. The van der Waals surface area contributed by atoms with Crippen LogP contribution in [0.1, 0.15) is 18.1 Å². The zero-order valence-electron chi connectivity index (χ0n) is 13.9. The van der Waals surface area contributed by atoms with Crippen molar-refractivity contribution in [3.63, 3.8) is 0 Å². The van der Waals surface area contributed by atoms with Gasteiger partial charge in [-0.25, -0.2) is 0 Å². The van der Waals surface area contributed by atoms with Gasteiger partial charge in [-0.2, -0.15) is 0 Å². The Kier molecular flexibility index (Phi) is 6.91. The van der Waals surface area contributed by atoms with Crippen molar-refractivity contribution >= 4 is 0 Å². The summed E-state index contributed by atoms with van der Waals surface area (Å²) >= 11 is 0. The van der Waals surface area contributed by atoms with Crippen molar-refractivity contribution in [2.75, 3.05) is 20.3 Å². The lowest BCUT2D eigenvalue weighted by molar-refractivity contribution is -0.676. The first kappa shape index (κ1) is 17.3. The Hall–Kier alpha value is -2.04. The summed E-state index contributed by atoms with van der Waals surface area (Å²) in [7, 11) is 1.66. The van der Waals surface area contributed by atoms with E-state index in [2.05, 4.69) is 17.4 Å². The molecule has 4 heteroatoms. The Bertz CT molecular complexity index is 584. The molecule has 4 nitrogen and oxygen atoms in total. The molecule has 0 spiro atoms. The molecule has 0 saturated carbocycles. The van der Waals surface area contributed by atoms with Crippen LogP contribution in [0.4, 0.5) is 0 Å². The van der Waals surface area contributed by atoms with Gasteiger partial charge in [0.25, 0.3) is 0 Å². The van der Waals surface area contributed by atoms with Gasteiger partial charge >= 0.3 is 0 Å². The van der Waals surface area contributed by atoms with Gasteiger partial charge in [-0.3, -0.25) is 0 Å². The first-order chi connectivity index (χ1) is 11.2. The minimum absolute atomic E-state index is 0.294. The van der Waals surface area contributed by atoms with Gasteiger partial charge in [0.2, 0.25) is 0 Å². The summed E-state index contributed by atoms with van der Waals surface area (Å²) in [4.78, 5) is 0. The average molecular weight is 316 g/mol. The summed E-state index contributed by atoms with van der Waals surface area (Å²) in [5, 5.41) is 11.4. The summed E-state index contributed by atoms with van der Waals surface area (Å²) < 4.78 is 11.3. The van der Waals surface area contributed by atoms with E-state index in [4.69, 9.17) is 9.47 Å². The molecule has 0 radical (unpaired) electrons. The van der Waals surface area contributed by atoms with E-state index in [1.54, 1.807) is 14.0 Å². The minimum atomic E-state index is -0.294. The van der Waals surface area contributed by atoms with Crippen LogP contribution >= 0.6 is 0 Å². The molecule has 2 rings (SSSR count). The molecule has 0 aliphatic heterocycles. The molecule has 0 amide bonds. The van der Waals surface area contributed by atoms with Crippen LogP contribution in [0.2, 0.25) is 0 Å². The Labute approximate surface area is 138 Å². The minimum Gasteiger partial charge on any atom is -0.493 e. The van der Waals surface area contributed by atoms with E-state index >= 15 is 0 Å². The van der Waals surface area contributed by atoms with Gasteiger partial charge in [-0.1, -0.05) is 30.3 Å². The topological polar surface area (TPSA) is 55.3 Å². The molecular weight excluding hydrogens is 290 g/mol. The lowest BCUT2D eigenvalue weighted by Crippen LogP contribution is -2.84. The monoisotopic (exact) mass is 316 g/mol. The molecule has 3 N–H and O–H groups in total. The molecule has 2 aromatic carbocycles. The van der Waals surface area contributed by atoms with E-state index < -0.39 is 0 Å². The number of methoxy groups -OCH3 is 1. The highest BCUT2D eigenvalue weighted by atomic mass is 16.5. The molecule has 0 aliphatic rings. The van der Waals surface area contributed by atoms with Gasteiger partial charge < -0.3 is 19.9 Å². The number of hydrogen-bond donors (Lipinski definition) is 2. The van der Waals surface area contributed by atoms with Crippen LogP contribution in [-0.2, 0) is 13.0 Å². The molecule has 0 fully saturated rings. The zero-order chi connectivity index (χ0) is 16.5. The number of hydrogen-bond acceptors (Lipinski definition) is 3. The number of nitrogens with two attached hydrogens (primary N) is 1. The van der Waals surface area contributed by atoms with E-state index in [9.17, 15) is 5.11 Å². The fraction of sp³-hybridized carbons (Fsp3) is 0.368. The molecule has 124 valence electrons. The zero-order valence-corrected chi connectivity index (χ0v) is 13.9. The third-order valence-corrected chi connectivity index (χ3v) is 3.61. The van der Waals surface area contributed by atoms with Crippen molar-refractivity contribution in [2.45, 2.75) is 26.0 Å². The number of quaternary nitrogens is 1. The SMILES string of the molecule is COc1cc(C[NH2+]C[C@H](C)O)ccc1OCCc1ccccc1. The summed E-state index contributed by atoms with van der Waals surface area (Å²) in [5.41, 5.74) is 2.41. The van der Waals surface area contributed by atoms with E-state index in [0.717, 1.165) is 30.0 Å². The second-order valence-electron chi connectivity index (χ2n) is 5.65. The molecule has 1 atom stereocenters. The van der Waals surface area contributed by atoms with Gasteiger partial charge in [-0.05, 0) is 30.7 Å². The first-order valence-corrected chi connectivity index (χ1v) is 8.02. The van der Waals surface area contributed by atoms with Crippen molar-refractivity contribution in [3.05, 3.63) is 59.7 Å². The third kappa shape index (κ3) is 5.93. The van der Waals surface area contributed by atoms with Gasteiger partial charge in [0.05, 0.1) is 19.8 Å². The summed E-state index contributed by atoms with van der Waals surface area (Å²) in [5.74, 6) is 1.52. The van der Waals surface area contributed by atoms with Crippen molar-refractivity contribution in [1.82, 2.24) is 0 Å². The van der Waals surface area contributed by atoms with Crippen LogP contribution < -0.4 is 14.8 Å². The van der Waals surface area contributed by atoms with Gasteiger partial charge in [0, 0.05) is 12.0 Å². The maximum absolute atomic E-state index is 9.29. The smallest absolute Gasteiger partial charge is 0.161 e. The largest absolute Gasteiger partial charge is 0.493 e. The highest BCUT2D eigenvalue weighted by Crippen LogP contribution is 2.28. The van der Waals surface area contributed by atoms with Crippen LogP contribution in [0.3, 0.4) is 0 Å². The summed E-state index contributed by atoms with van der Waals surface area (Å²) in [6.07, 6.45) is 0.575. The lowest BCUT2D eigenvalue weighted by atomic mass is 10.1. The van der Waals surface area contributed by atoms with Gasteiger partial charge in [-0.15, -0.1) is 0 Å². The average Bonchev–Trinajstić information content (AvgIpc) is 2.56. The normalized spacial score (nSPS) is 12.0. The van der Waals surface area contributed by atoms with Crippen molar-refractivity contribution in [3.8, 4) is 11.5 Å². The van der Waals surface area contributed by atoms with Gasteiger partial charge in [0.15, 0.2) is 11.5 Å². The summed E-state index contributed by atoms with van der Waals surface area (Å²) in [6, 6.07) is 16.3. The Morgan fingerprint density at radius 2 is 1.83 bits per heavy atom. The van der Waals surface area contributed by atoms with Crippen LogP contribution in [0, 0.1) is 0 Å². The Morgan fingerprint density at radius 1 is 1.04 bits per heavy atom. The second-order valence-corrected chi connectivity index (χ2v) is 5.65. The van der Waals surface area contributed by atoms with E-state index in [1.807, 2.05) is 36.4 Å². The van der Waals surface area contributed by atoms with Gasteiger partial charge in [0.1, 0.15) is 13.1 Å². The highest BCUT2D eigenvalue weighted by molar-refractivity contribution is 5.42. The second kappa shape index (κ2) is 9.18. The predicted molar refractivity (Wildman–Crippen MR) is 90.8 cm³/mol. The molecule has 23 heavy (non-hydrogen) atoms. The highest BCUT2D eigenvalue weighted by Gasteiger charge is 2.07. The maximum atomic E-state index is 9.29. The van der Waals surface area contributed by atoms with Crippen molar-refractivity contribution in [1.29, 1.82) is 0 Å². The van der Waals surface area contributed by atoms with Crippen molar-refractivity contribution < 1.29 is 19.9 Å². The molecule has 2 aromatic rings. The maximum Gasteiger partial charge on any atom is 0.161 e. The van der Waals surface area contributed by atoms with Crippen molar-refractivity contribution in [2.24, 2.45) is 0 Å². The predicted octanol–water partition coefficient (Wildman–Crippen LogP) is 1.76. The first-order valence-electron chi connectivity index (χ1n) is 8.02. The van der Waals surface area contributed by atoms with Crippen LogP contribution in [-0.4, -0.2) is 31.5 Å². The summed E-state index contributed by atoms with van der Waals surface area (Å²) in [6.45, 7) is 3.91. The fourth-order valence-corrected chi connectivity index (χ4v) is 2.37. The number of aliphatic hydroxyl groups excluding tert-OH is 1. The number of benzene rings is 2. The molecular formula is C19H26NO3+. The molecule has 0 bridgehead atoms. The lowest BCUT2D eigenvalue weighted by Gasteiger charge is -2.12. The van der Waals surface area contributed by atoms with E-state index in [0.29, 0.717) is 13.2 Å². The van der Waals surface area contributed by atoms with E-state index in [1.165, 1.54) is 5.56 Å². The van der Waals surface area contributed by atoms with Crippen LogP contribution in [0.5, 0.6) is 11.5 Å². The van der Waals surface area contributed by atoms with Crippen LogP contribution in [0.25, 0.3) is 0 Å². The fourth-order valence-electron chi connectivity index (χ4n) is 2.37. The van der Waals surface area contributed by atoms with Crippen LogP contribution in [0.15, 0.2) is 48.5 Å². The number of aliphatic hydroxyl groups is 1. The molecule has 0 saturated heterocycles. The number of rotatable bonds is 9. The molecule has 0 unspecified atom stereocenters. The standard InChI is InChI=1S/C19H25NO3/c1-15(21)13-20-14-17-8-9-18(19(12-17)22-2)23-11-10-16-6-4-3-5-7-16/h3-9,12,15,20-21H,10-11,13-14H2,1-2H3/p+1/t15-/m0/s1. The Balaban J connectivity index is 1.88. The number of ether oxygens (including phenoxy) is 2. The quantitative estimate of drug-likeness (QED) is 0.741.